The number of ether oxygens (including phenoxy) is 1. The third-order valence-corrected chi connectivity index (χ3v) is 6.13. The Morgan fingerprint density at radius 2 is 2.14 bits per heavy atom. The third kappa shape index (κ3) is 5.75. The first-order valence-corrected chi connectivity index (χ1v) is 12.1. The molecule has 3 aromatic heterocycles. The van der Waals surface area contributed by atoms with Crippen LogP contribution in [0, 0.1) is 6.92 Å². The van der Waals surface area contributed by atoms with Gasteiger partial charge in [0.15, 0.2) is 0 Å². The van der Waals surface area contributed by atoms with Gasteiger partial charge in [-0.15, -0.1) is 0 Å². The summed E-state index contributed by atoms with van der Waals surface area (Å²) in [6.45, 7) is 6.89. The molecule has 1 saturated heterocycles. The van der Waals surface area contributed by atoms with Gasteiger partial charge in [0.05, 0.1) is 28.1 Å². The number of aryl methyl sites for hydroxylation is 1. The Hall–Kier alpha value is -4.31. The fourth-order valence-corrected chi connectivity index (χ4v) is 4.17. The van der Waals surface area contributed by atoms with Crippen molar-refractivity contribution in [3.05, 3.63) is 83.4 Å². The van der Waals surface area contributed by atoms with Gasteiger partial charge in [-0.1, -0.05) is 30.1 Å². The number of nitrogens with one attached hydrogen (secondary N) is 1. The van der Waals surface area contributed by atoms with Gasteiger partial charge in [0.25, 0.3) is 0 Å². The molecule has 4 heterocycles. The highest BCUT2D eigenvalue weighted by molar-refractivity contribution is 6.32. The molecule has 4 aromatic rings. The molecular formula is C26H24ClN8O2-. The molecule has 0 bridgehead atoms. The minimum Gasteiger partial charge on any atom is -0.486 e. The SMILES string of the molecule is C=CC(=O)N1CCC([N-]c2ccc3ncnc(Nc4ccc(OCc5cnc(C)cn5)c(Cl)c4)c3n2)C1. The molecule has 0 saturated carbocycles. The van der Waals surface area contributed by atoms with Gasteiger partial charge >= 0.3 is 0 Å². The summed E-state index contributed by atoms with van der Waals surface area (Å²) in [4.78, 5) is 35.5. The maximum atomic E-state index is 11.9. The van der Waals surface area contributed by atoms with E-state index >= 15 is 0 Å². The molecule has 5 rings (SSSR count). The van der Waals surface area contributed by atoms with Crippen LogP contribution in [0.5, 0.6) is 5.75 Å². The predicted molar refractivity (Wildman–Crippen MR) is 141 cm³/mol. The van der Waals surface area contributed by atoms with Gasteiger partial charge in [-0.05, 0) is 49.7 Å². The van der Waals surface area contributed by atoms with Crippen molar-refractivity contribution >= 4 is 45.9 Å². The zero-order chi connectivity index (χ0) is 25.8. The van der Waals surface area contributed by atoms with Gasteiger partial charge in [-0.25, -0.2) is 9.97 Å². The minimum absolute atomic E-state index is 0.0212. The van der Waals surface area contributed by atoms with Gasteiger partial charge in [-0.3, -0.25) is 14.8 Å². The molecule has 37 heavy (non-hydrogen) atoms. The van der Waals surface area contributed by atoms with Gasteiger partial charge in [0.1, 0.15) is 24.5 Å². The number of nitrogens with zero attached hydrogens (tertiary/aromatic N) is 7. The number of rotatable bonds is 8. The van der Waals surface area contributed by atoms with Crippen molar-refractivity contribution in [3.8, 4) is 5.75 Å². The van der Waals surface area contributed by atoms with E-state index in [1.165, 1.54) is 12.4 Å². The molecule has 0 spiro atoms. The largest absolute Gasteiger partial charge is 0.486 e. The molecule has 0 radical (unpaired) electrons. The van der Waals surface area contributed by atoms with E-state index in [1.54, 1.807) is 29.4 Å². The van der Waals surface area contributed by atoms with E-state index in [1.807, 2.05) is 25.1 Å². The Morgan fingerprint density at radius 3 is 2.92 bits per heavy atom. The van der Waals surface area contributed by atoms with Crippen LogP contribution in [0.2, 0.25) is 5.02 Å². The van der Waals surface area contributed by atoms with Gasteiger partial charge < -0.3 is 25.3 Å². The third-order valence-electron chi connectivity index (χ3n) is 5.84. The van der Waals surface area contributed by atoms with Gasteiger partial charge in [-0.2, -0.15) is 0 Å². The van der Waals surface area contributed by atoms with Crippen molar-refractivity contribution in [2.24, 2.45) is 0 Å². The van der Waals surface area contributed by atoms with Crippen LogP contribution in [0.25, 0.3) is 16.4 Å². The smallest absolute Gasteiger partial charge is 0.245 e. The first-order valence-electron chi connectivity index (χ1n) is 11.7. The lowest BCUT2D eigenvalue weighted by Crippen LogP contribution is -2.27. The normalized spacial score (nSPS) is 15.0. The topological polar surface area (TPSA) is 120 Å². The Kier molecular flexibility index (Phi) is 7.09. The summed E-state index contributed by atoms with van der Waals surface area (Å²) in [5.74, 6) is 1.53. The van der Waals surface area contributed by atoms with Crippen LogP contribution in [0.1, 0.15) is 17.8 Å². The van der Waals surface area contributed by atoms with E-state index in [9.17, 15) is 4.79 Å². The van der Waals surface area contributed by atoms with Crippen molar-refractivity contribution in [2.75, 3.05) is 18.4 Å². The summed E-state index contributed by atoms with van der Waals surface area (Å²) in [7, 11) is 0. The van der Waals surface area contributed by atoms with E-state index in [2.05, 4.69) is 36.8 Å². The second kappa shape index (κ2) is 10.8. The highest BCUT2D eigenvalue weighted by atomic mass is 35.5. The maximum absolute atomic E-state index is 11.9. The molecule has 0 aliphatic carbocycles. The zero-order valence-corrected chi connectivity index (χ0v) is 20.9. The number of likely N-dealkylation sites (tertiary alicyclic amines) is 1. The quantitative estimate of drug-likeness (QED) is 0.329. The maximum Gasteiger partial charge on any atom is 0.245 e. The van der Waals surface area contributed by atoms with Crippen molar-refractivity contribution in [1.82, 2.24) is 29.8 Å². The summed E-state index contributed by atoms with van der Waals surface area (Å²) in [5, 5.41) is 8.43. The highest BCUT2D eigenvalue weighted by Gasteiger charge is 2.22. The van der Waals surface area contributed by atoms with E-state index < -0.39 is 0 Å². The Balaban J connectivity index is 1.29. The number of hydrogen-bond donors (Lipinski definition) is 1. The average Bonchev–Trinajstić information content (AvgIpc) is 3.37. The van der Waals surface area contributed by atoms with E-state index in [0.717, 1.165) is 12.1 Å². The van der Waals surface area contributed by atoms with Crippen LogP contribution in [-0.2, 0) is 11.4 Å². The molecule has 1 aromatic carbocycles. The predicted octanol–water partition coefficient (Wildman–Crippen LogP) is 4.89. The number of amides is 1. The first-order chi connectivity index (χ1) is 18.0. The average molecular weight is 516 g/mol. The second-order valence-corrected chi connectivity index (χ2v) is 8.93. The highest BCUT2D eigenvalue weighted by Crippen LogP contribution is 2.32. The number of hydrogen-bond acceptors (Lipinski definition) is 8. The van der Waals surface area contributed by atoms with Crippen molar-refractivity contribution in [2.45, 2.75) is 26.0 Å². The standard InChI is InChI=1S/C26H24ClN8O2/c1-3-24(36)35-9-8-18(13-35)32-23-7-5-21-25(34-23)26(31-15-30-21)33-17-4-6-22(20(27)10-17)37-14-19-12-28-16(2)11-29-19/h3-7,10-12,15,18H,1,8-9,13-14H2,2H3,(H-,28,29,30,31,32,33,34)/q-1. The monoisotopic (exact) mass is 515 g/mol. The molecule has 1 aliphatic rings. The number of halogens is 1. The molecule has 188 valence electrons. The fourth-order valence-electron chi connectivity index (χ4n) is 3.93. The van der Waals surface area contributed by atoms with Crippen molar-refractivity contribution in [1.29, 1.82) is 0 Å². The number of aromatic nitrogens is 5. The summed E-state index contributed by atoms with van der Waals surface area (Å²) in [6.07, 6.45) is 6.95. The van der Waals surface area contributed by atoms with E-state index in [0.29, 0.717) is 57.9 Å². The van der Waals surface area contributed by atoms with Crippen molar-refractivity contribution in [3.63, 3.8) is 0 Å². The van der Waals surface area contributed by atoms with Gasteiger partial charge in [0.2, 0.25) is 5.91 Å². The summed E-state index contributed by atoms with van der Waals surface area (Å²) >= 11 is 6.47. The van der Waals surface area contributed by atoms with Crippen LogP contribution >= 0.6 is 11.6 Å². The second-order valence-electron chi connectivity index (χ2n) is 8.53. The Labute approximate surface area is 218 Å². The number of anilines is 2. The minimum atomic E-state index is -0.0806. The lowest BCUT2D eigenvalue weighted by atomic mass is 10.2. The summed E-state index contributed by atoms with van der Waals surface area (Å²) < 4.78 is 5.80. The number of fused-ring (bicyclic) bond motifs is 1. The Morgan fingerprint density at radius 1 is 1.24 bits per heavy atom. The molecular weight excluding hydrogens is 492 g/mol. The number of benzene rings is 1. The van der Waals surface area contributed by atoms with Crippen LogP contribution in [-0.4, -0.2) is 54.9 Å². The molecule has 1 N–H and O–H groups in total. The fraction of sp³-hybridized carbons (Fsp3) is 0.231. The number of pyridine rings is 1. The summed E-state index contributed by atoms with van der Waals surface area (Å²) in [6, 6.07) is 9.02. The molecule has 1 atom stereocenters. The van der Waals surface area contributed by atoms with Gasteiger partial charge in [0, 0.05) is 30.5 Å². The van der Waals surface area contributed by atoms with E-state index in [-0.39, 0.29) is 18.6 Å². The number of carbonyl (C=O) groups is 1. The lowest BCUT2D eigenvalue weighted by molar-refractivity contribution is -0.124. The molecule has 1 fully saturated rings. The van der Waals surface area contributed by atoms with Crippen LogP contribution in [0.4, 0.5) is 17.3 Å². The zero-order valence-electron chi connectivity index (χ0n) is 20.1. The molecule has 10 nitrogen and oxygen atoms in total. The van der Waals surface area contributed by atoms with Crippen LogP contribution < -0.4 is 10.1 Å². The van der Waals surface area contributed by atoms with Crippen molar-refractivity contribution < 1.29 is 9.53 Å². The van der Waals surface area contributed by atoms with Crippen LogP contribution in [0.15, 0.2) is 61.7 Å². The van der Waals surface area contributed by atoms with Crippen LogP contribution in [0.3, 0.4) is 0 Å². The lowest BCUT2D eigenvalue weighted by Gasteiger charge is -2.23. The first kappa shape index (κ1) is 24.4. The number of carbonyl (C=O) groups excluding carboxylic acids is 1. The molecule has 1 aliphatic heterocycles. The molecule has 11 heteroatoms. The van der Waals surface area contributed by atoms with E-state index in [4.69, 9.17) is 21.7 Å². The summed E-state index contributed by atoms with van der Waals surface area (Å²) in [5.41, 5.74) is 3.52. The molecule has 1 amide bonds. The molecule has 1 unspecified atom stereocenters. The Bertz CT molecular complexity index is 1450.